The van der Waals surface area contributed by atoms with E-state index in [-0.39, 0.29) is 35.2 Å². The molecule has 1 aromatic heterocycles. The largest absolute Gasteiger partial charge is 0.433 e. The van der Waals surface area contributed by atoms with E-state index in [1.54, 1.807) is 12.1 Å². The highest BCUT2D eigenvalue weighted by Crippen LogP contribution is 2.35. The molecule has 4 heterocycles. The summed E-state index contributed by atoms with van der Waals surface area (Å²) in [6.07, 6.45) is -1.33. The number of nitrogens with zero attached hydrogens (tertiary/aromatic N) is 6. The highest BCUT2D eigenvalue weighted by Gasteiger charge is 2.38. The number of benzene rings is 1. The maximum atomic E-state index is 13.4. The fraction of sp³-hybridized carbons (Fsp3) is 0.435. The molecule has 0 saturated carbocycles. The number of hydrogen-bond donors (Lipinski definition) is 0. The first-order valence-corrected chi connectivity index (χ1v) is 13.3. The molecular weight excluding hydrogens is 517 g/mol. The van der Waals surface area contributed by atoms with Crippen molar-refractivity contribution in [3.63, 3.8) is 0 Å². The third-order valence-electron chi connectivity index (χ3n) is 6.78. The highest BCUT2D eigenvalue weighted by atomic mass is 35.5. The van der Waals surface area contributed by atoms with E-state index in [9.17, 15) is 21.6 Å². The van der Waals surface area contributed by atoms with Crippen molar-refractivity contribution < 1.29 is 21.6 Å². The van der Waals surface area contributed by atoms with E-state index in [4.69, 9.17) is 16.9 Å². The van der Waals surface area contributed by atoms with Crippen LogP contribution in [0.1, 0.15) is 24.4 Å². The first kappa shape index (κ1) is 24.6. The Morgan fingerprint density at radius 3 is 2.56 bits per heavy atom. The van der Waals surface area contributed by atoms with E-state index in [0.29, 0.717) is 0 Å². The van der Waals surface area contributed by atoms with Gasteiger partial charge in [-0.15, -0.1) is 0 Å². The zero-order valence-electron chi connectivity index (χ0n) is 19.0. The lowest BCUT2D eigenvalue weighted by Gasteiger charge is -2.37. The minimum Gasteiger partial charge on any atom is -0.372 e. The lowest BCUT2D eigenvalue weighted by molar-refractivity contribution is -0.141. The number of rotatable bonds is 4. The molecule has 2 fully saturated rings. The van der Waals surface area contributed by atoms with Crippen LogP contribution in [0.4, 0.5) is 24.7 Å². The van der Waals surface area contributed by atoms with Gasteiger partial charge in [-0.05, 0) is 31.0 Å². The normalized spacial score (nSPS) is 20.4. The summed E-state index contributed by atoms with van der Waals surface area (Å²) in [5, 5.41) is 8.26. The van der Waals surface area contributed by atoms with Gasteiger partial charge >= 0.3 is 6.18 Å². The molecule has 0 spiro atoms. The number of anilines is 2. The van der Waals surface area contributed by atoms with Gasteiger partial charge in [0.1, 0.15) is 11.9 Å². The highest BCUT2D eigenvalue weighted by molar-refractivity contribution is 7.92. The zero-order chi connectivity index (χ0) is 25.7. The van der Waals surface area contributed by atoms with Crippen LogP contribution in [0.25, 0.3) is 0 Å². The Labute approximate surface area is 211 Å². The van der Waals surface area contributed by atoms with Crippen molar-refractivity contribution in [3.05, 3.63) is 52.6 Å². The second-order valence-electron chi connectivity index (χ2n) is 8.95. The number of sulfone groups is 1. The van der Waals surface area contributed by atoms with Crippen molar-refractivity contribution in [3.8, 4) is 6.07 Å². The Morgan fingerprint density at radius 2 is 1.83 bits per heavy atom. The molecule has 0 bridgehead atoms. The zero-order valence-corrected chi connectivity index (χ0v) is 20.6. The summed E-state index contributed by atoms with van der Waals surface area (Å²) in [7, 11) is -3.87. The maximum absolute atomic E-state index is 13.4. The molecule has 2 aromatic rings. The molecule has 36 heavy (non-hydrogen) atoms. The van der Waals surface area contributed by atoms with Crippen molar-refractivity contribution in [2.45, 2.75) is 29.2 Å². The molecule has 1 unspecified atom stereocenters. The molecule has 0 aliphatic carbocycles. The Balaban J connectivity index is 1.35. The molecule has 3 aliphatic rings. The molecule has 13 heteroatoms. The quantitative estimate of drug-likeness (QED) is 0.584. The fourth-order valence-electron chi connectivity index (χ4n) is 4.89. The third kappa shape index (κ3) is 4.57. The maximum Gasteiger partial charge on any atom is 0.433 e. The van der Waals surface area contributed by atoms with Gasteiger partial charge in [-0.2, -0.15) is 18.4 Å². The summed E-state index contributed by atoms with van der Waals surface area (Å²) in [6, 6.07) is 7.17. The van der Waals surface area contributed by atoms with Gasteiger partial charge in [-0.1, -0.05) is 17.7 Å². The lowest BCUT2D eigenvalue weighted by atomic mass is 10.2. The van der Waals surface area contributed by atoms with E-state index < -0.39 is 32.8 Å². The number of alkyl halides is 3. The van der Waals surface area contributed by atoms with Crippen LogP contribution < -0.4 is 9.80 Å². The molecule has 0 N–H and O–H groups in total. The second kappa shape index (κ2) is 9.12. The van der Waals surface area contributed by atoms with Crippen LogP contribution >= 0.6 is 11.6 Å². The SMILES string of the molecule is N#Cc1nc(N2CCC(S(=O)(=O)c3ccc(N4CCN5CCC=C5C4)cc3Cl)C2)cc(C(F)(F)F)n1. The van der Waals surface area contributed by atoms with Gasteiger partial charge < -0.3 is 14.7 Å². The van der Waals surface area contributed by atoms with Crippen LogP contribution in [0.3, 0.4) is 0 Å². The topological polar surface area (TPSA) is 93.4 Å². The minimum absolute atomic E-state index is 0.00475. The van der Waals surface area contributed by atoms with Crippen molar-refractivity contribution in [1.29, 1.82) is 5.26 Å². The van der Waals surface area contributed by atoms with Crippen LogP contribution in [0.5, 0.6) is 0 Å². The minimum atomic E-state index is -4.76. The van der Waals surface area contributed by atoms with Gasteiger partial charge in [0, 0.05) is 50.2 Å². The molecule has 190 valence electrons. The first-order chi connectivity index (χ1) is 17.1. The van der Waals surface area contributed by atoms with E-state index in [2.05, 4.69) is 25.8 Å². The van der Waals surface area contributed by atoms with E-state index in [1.165, 1.54) is 22.7 Å². The van der Waals surface area contributed by atoms with Gasteiger partial charge in [-0.3, -0.25) is 0 Å². The molecule has 1 aromatic carbocycles. The standard InChI is InChI=1S/C23H22ClF3N6O2S/c24-18-10-15(32-9-8-31-6-1-2-16(31)13-32)3-4-19(18)36(34,35)17-5-7-33(14-17)22-11-20(23(25,26)27)29-21(12-28)30-22/h2-4,10-11,17H,1,5-9,13-14H2. The number of nitriles is 1. The van der Waals surface area contributed by atoms with E-state index in [0.717, 1.165) is 44.4 Å². The van der Waals surface area contributed by atoms with Crippen LogP contribution in [-0.4, -0.2) is 67.8 Å². The Kier molecular flexibility index (Phi) is 6.24. The number of fused-ring (bicyclic) bond motifs is 1. The van der Waals surface area contributed by atoms with E-state index in [1.807, 2.05) is 0 Å². The first-order valence-electron chi connectivity index (χ1n) is 11.4. The molecule has 0 amide bonds. The Bertz CT molecular complexity index is 1370. The average molecular weight is 539 g/mol. The predicted molar refractivity (Wildman–Crippen MR) is 127 cm³/mol. The van der Waals surface area contributed by atoms with Gasteiger partial charge in [0.15, 0.2) is 15.5 Å². The smallest absolute Gasteiger partial charge is 0.372 e. The third-order valence-corrected chi connectivity index (χ3v) is 9.43. The van der Waals surface area contributed by atoms with E-state index >= 15 is 0 Å². The lowest BCUT2D eigenvalue weighted by Crippen LogP contribution is -2.43. The Morgan fingerprint density at radius 1 is 1.06 bits per heavy atom. The summed E-state index contributed by atoms with van der Waals surface area (Å²) in [6.45, 7) is 3.57. The molecule has 8 nitrogen and oxygen atoms in total. The number of piperazine rings is 1. The molecular formula is C23H22ClF3N6O2S. The van der Waals surface area contributed by atoms with Gasteiger partial charge in [0.05, 0.1) is 21.7 Å². The van der Waals surface area contributed by atoms with Gasteiger partial charge in [-0.25, -0.2) is 18.4 Å². The number of aromatic nitrogens is 2. The fourth-order valence-corrected chi connectivity index (χ4v) is 7.13. The van der Waals surface area contributed by atoms with Crippen molar-refractivity contribution >= 4 is 32.9 Å². The Hall–Kier alpha value is -3.04. The molecule has 3 aliphatic heterocycles. The molecule has 5 rings (SSSR count). The van der Waals surface area contributed by atoms with Crippen molar-refractivity contribution in [2.75, 3.05) is 49.1 Å². The summed E-state index contributed by atoms with van der Waals surface area (Å²) in [5.74, 6) is -0.757. The average Bonchev–Trinajstić information content (AvgIpc) is 3.53. The summed E-state index contributed by atoms with van der Waals surface area (Å²) in [5.41, 5.74) is 0.852. The van der Waals surface area contributed by atoms with Crippen LogP contribution in [0, 0.1) is 11.3 Å². The number of halogens is 4. The predicted octanol–water partition coefficient (Wildman–Crippen LogP) is 3.48. The van der Waals surface area contributed by atoms with Crippen molar-refractivity contribution in [1.82, 2.24) is 14.9 Å². The van der Waals surface area contributed by atoms with Gasteiger partial charge in [0.2, 0.25) is 5.82 Å². The van der Waals surface area contributed by atoms with Crippen LogP contribution in [-0.2, 0) is 16.0 Å². The molecule has 0 radical (unpaired) electrons. The van der Waals surface area contributed by atoms with Crippen LogP contribution in [0.15, 0.2) is 40.9 Å². The second-order valence-corrected chi connectivity index (χ2v) is 11.6. The van der Waals surface area contributed by atoms with Crippen molar-refractivity contribution in [2.24, 2.45) is 0 Å². The summed E-state index contributed by atoms with van der Waals surface area (Å²) >= 11 is 6.46. The van der Waals surface area contributed by atoms with Crippen LogP contribution in [0.2, 0.25) is 5.02 Å². The molecule has 1 atom stereocenters. The number of hydrogen-bond acceptors (Lipinski definition) is 8. The monoisotopic (exact) mass is 538 g/mol. The van der Waals surface area contributed by atoms with Gasteiger partial charge in [0.25, 0.3) is 0 Å². The molecule has 2 saturated heterocycles. The summed E-state index contributed by atoms with van der Waals surface area (Å²) < 4.78 is 66.4. The summed E-state index contributed by atoms with van der Waals surface area (Å²) in [4.78, 5) is 13.0.